The maximum atomic E-state index is 5.21. The lowest BCUT2D eigenvalue weighted by molar-refractivity contribution is 0.387. The first-order valence-corrected chi connectivity index (χ1v) is 6.48. The van der Waals surface area contributed by atoms with Gasteiger partial charge < -0.3 is 14.6 Å². The lowest BCUT2D eigenvalue weighted by Gasteiger charge is -2.18. The van der Waals surface area contributed by atoms with E-state index in [0.29, 0.717) is 5.92 Å². The molecule has 0 aliphatic rings. The molecule has 0 spiro atoms. The Morgan fingerprint density at radius 3 is 2.53 bits per heavy atom. The number of imidazole rings is 1. The molecule has 0 aliphatic carbocycles. The fraction of sp³-hybridized carbons (Fsp3) is 0.400. The molecule has 2 rings (SSSR count). The van der Waals surface area contributed by atoms with Gasteiger partial charge in [0.1, 0.15) is 11.6 Å². The zero-order chi connectivity index (χ0) is 13.7. The predicted molar refractivity (Wildman–Crippen MR) is 76.6 cm³/mol. The van der Waals surface area contributed by atoms with Gasteiger partial charge in [-0.15, -0.1) is 0 Å². The van der Waals surface area contributed by atoms with Crippen LogP contribution in [0, 0.1) is 0 Å². The highest BCUT2D eigenvalue weighted by molar-refractivity contribution is 5.32. The first-order chi connectivity index (χ1) is 9.20. The first-order valence-electron chi connectivity index (χ1n) is 6.48. The van der Waals surface area contributed by atoms with Crippen LogP contribution in [0.3, 0.4) is 0 Å². The van der Waals surface area contributed by atoms with E-state index in [2.05, 4.69) is 41.1 Å². The topological polar surface area (TPSA) is 41.1 Å². The van der Waals surface area contributed by atoms with Crippen molar-refractivity contribution in [1.29, 1.82) is 0 Å². The normalized spacial score (nSPS) is 12.6. The van der Waals surface area contributed by atoms with Crippen LogP contribution in [-0.4, -0.2) is 42.6 Å². The summed E-state index contributed by atoms with van der Waals surface area (Å²) in [6, 6.07) is 8.23. The van der Waals surface area contributed by atoms with Crippen LogP contribution >= 0.6 is 0 Å². The predicted octanol–water partition coefficient (Wildman–Crippen LogP) is 2.50. The average molecular weight is 259 g/mol. The van der Waals surface area contributed by atoms with Gasteiger partial charge in [-0.1, -0.05) is 12.1 Å². The molecule has 4 heteroatoms. The Balaban J connectivity index is 2.20. The van der Waals surface area contributed by atoms with E-state index < -0.39 is 0 Å². The number of benzene rings is 1. The molecule has 19 heavy (non-hydrogen) atoms. The summed E-state index contributed by atoms with van der Waals surface area (Å²) >= 11 is 0. The zero-order valence-corrected chi connectivity index (χ0v) is 11.8. The van der Waals surface area contributed by atoms with Crippen molar-refractivity contribution in [3.63, 3.8) is 0 Å². The summed E-state index contributed by atoms with van der Waals surface area (Å²) in [5.41, 5.74) is 1.26. The third-order valence-electron chi connectivity index (χ3n) is 3.23. The van der Waals surface area contributed by atoms with Crippen LogP contribution in [0.15, 0.2) is 36.7 Å². The van der Waals surface area contributed by atoms with Gasteiger partial charge >= 0.3 is 0 Å². The highest BCUT2D eigenvalue weighted by atomic mass is 16.5. The molecular formula is C15H21N3O. The monoisotopic (exact) mass is 259 g/mol. The second-order valence-corrected chi connectivity index (χ2v) is 4.89. The van der Waals surface area contributed by atoms with E-state index >= 15 is 0 Å². The summed E-state index contributed by atoms with van der Waals surface area (Å²) in [6.07, 6.45) is 4.72. The maximum Gasteiger partial charge on any atom is 0.118 e. The number of ether oxygens (including phenoxy) is 1. The van der Waals surface area contributed by atoms with Gasteiger partial charge in [-0.05, 0) is 44.8 Å². The molecule has 1 unspecified atom stereocenters. The van der Waals surface area contributed by atoms with E-state index in [0.717, 1.165) is 24.5 Å². The molecule has 0 saturated carbocycles. The molecule has 102 valence electrons. The summed E-state index contributed by atoms with van der Waals surface area (Å²) < 4.78 is 5.21. The van der Waals surface area contributed by atoms with Crippen molar-refractivity contribution in [2.24, 2.45) is 0 Å². The fourth-order valence-corrected chi connectivity index (χ4v) is 2.15. The van der Waals surface area contributed by atoms with Crippen molar-refractivity contribution in [2.45, 2.75) is 12.3 Å². The number of nitrogens with one attached hydrogen (secondary N) is 1. The van der Waals surface area contributed by atoms with E-state index in [1.807, 2.05) is 24.5 Å². The summed E-state index contributed by atoms with van der Waals surface area (Å²) in [6.45, 7) is 1.03. The number of rotatable bonds is 6. The number of H-pyrrole nitrogens is 1. The highest BCUT2D eigenvalue weighted by Crippen LogP contribution is 2.27. The van der Waals surface area contributed by atoms with Crippen LogP contribution in [0.5, 0.6) is 5.75 Å². The van der Waals surface area contributed by atoms with E-state index in [4.69, 9.17) is 4.74 Å². The van der Waals surface area contributed by atoms with Gasteiger partial charge in [-0.25, -0.2) is 4.98 Å². The van der Waals surface area contributed by atoms with Gasteiger partial charge in [0.15, 0.2) is 0 Å². The first kappa shape index (κ1) is 13.6. The molecule has 1 atom stereocenters. The number of hydrogen-bond acceptors (Lipinski definition) is 3. The van der Waals surface area contributed by atoms with Gasteiger partial charge in [-0.3, -0.25) is 0 Å². The number of aromatic amines is 1. The van der Waals surface area contributed by atoms with E-state index in [1.165, 1.54) is 5.56 Å². The lowest BCUT2D eigenvalue weighted by Crippen LogP contribution is -2.17. The third kappa shape index (κ3) is 3.58. The summed E-state index contributed by atoms with van der Waals surface area (Å²) in [5.74, 6) is 2.20. The number of methoxy groups -OCH3 is 1. The summed E-state index contributed by atoms with van der Waals surface area (Å²) in [7, 11) is 5.87. The van der Waals surface area contributed by atoms with Crippen molar-refractivity contribution in [3.8, 4) is 5.75 Å². The van der Waals surface area contributed by atoms with Crippen LogP contribution in [0.1, 0.15) is 23.7 Å². The third-order valence-corrected chi connectivity index (χ3v) is 3.23. The molecule has 0 amide bonds. The molecule has 0 fully saturated rings. The molecule has 0 bridgehead atoms. The maximum absolute atomic E-state index is 5.21. The number of hydrogen-bond donors (Lipinski definition) is 1. The second kappa shape index (κ2) is 6.38. The van der Waals surface area contributed by atoms with Gasteiger partial charge in [0.25, 0.3) is 0 Å². The number of aromatic nitrogens is 2. The molecule has 1 N–H and O–H groups in total. The Hall–Kier alpha value is -1.81. The van der Waals surface area contributed by atoms with E-state index in [1.54, 1.807) is 7.11 Å². The Morgan fingerprint density at radius 1 is 1.26 bits per heavy atom. The molecule has 2 aromatic rings. The Bertz CT molecular complexity index is 477. The van der Waals surface area contributed by atoms with Crippen LogP contribution in [0.25, 0.3) is 0 Å². The average Bonchev–Trinajstić information content (AvgIpc) is 2.93. The summed E-state index contributed by atoms with van der Waals surface area (Å²) in [5, 5.41) is 0. The van der Waals surface area contributed by atoms with Crippen molar-refractivity contribution in [3.05, 3.63) is 48.0 Å². The Morgan fingerprint density at radius 2 is 2.00 bits per heavy atom. The molecule has 1 aromatic heterocycles. The van der Waals surface area contributed by atoms with E-state index in [9.17, 15) is 0 Å². The van der Waals surface area contributed by atoms with Crippen LogP contribution in [0.4, 0.5) is 0 Å². The molecule has 1 heterocycles. The van der Waals surface area contributed by atoms with Gasteiger partial charge in [0.2, 0.25) is 0 Å². The standard InChI is InChI=1S/C15H21N3O/c1-18(2)11-8-14(15-16-9-10-17-15)12-4-6-13(19-3)7-5-12/h4-7,9-10,14H,8,11H2,1-3H3,(H,16,17). The molecule has 0 radical (unpaired) electrons. The van der Waals surface area contributed by atoms with Crippen molar-refractivity contribution in [2.75, 3.05) is 27.7 Å². The molecular weight excluding hydrogens is 238 g/mol. The van der Waals surface area contributed by atoms with Crippen LogP contribution < -0.4 is 4.74 Å². The minimum Gasteiger partial charge on any atom is -0.497 e. The Kier molecular flexibility index (Phi) is 4.58. The van der Waals surface area contributed by atoms with Crippen molar-refractivity contribution < 1.29 is 4.74 Å². The second-order valence-electron chi connectivity index (χ2n) is 4.89. The van der Waals surface area contributed by atoms with Crippen LogP contribution in [-0.2, 0) is 0 Å². The van der Waals surface area contributed by atoms with Gasteiger partial charge in [0, 0.05) is 18.3 Å². The van der Waals surface area contributed by atoms with Crippen LogP contribution in [0.2, 0.25) is 0 Å². The van der Waals surface area contributed by atoms with Crippen molar-refractivity contribution >= 4 is 0 Å². The largest absolute Gasteiger partial charge is 0.497 e. The minimum absolute atomic E-state index is 0.295. The quantitative estimate of drug-likeness (QED) is 0.866. The van der Waals surface area contributed by atoms with Crippen molar-refractivity contribution in [1.82, 2.24) is 14.9 Å². The minimum atomic E-state index is 0.295. The van der Waals surface area contributed by atoms with Gasteiger partial charge in [0.05, 0.1) is 7.11 Å². The zero-order valence-electron chi connectivity index (χ0n) is 11.8. The summed E-state index contributed by atoms with van der Waals surface area (Å²) in [4.78, 5) is 9.83. The van der Waals surface area contributed by atoms with Gasteiger partial charge in [-0.2, -0.15) is 0 Å². The molecule has 0 aliphatic heterocycles. The smallest absolute Gasteiger partial charge is 0.118 e. The molecule has 4 nitrogen and oxygen atoms in total. The Labute approximate surface area is 114 Å². The number of nitrogens with zero attached hydrogens (tertiary/aromatic N) is 2. The molecule has 1 aromatic carbocycles. The lowest BCUT2D eigenvalue weighted by atomic mass is 9.94. The SMILES string of the molecule is COc1ccc(C(CCN(C)C)c2ncc[nH]2)cc1. The molecule has 0 saturated heterocycles. The fourth-order valence-electron chi connectivity index (χ4n) is 2.15. The highest BCUT2D eigenvalue weighted by Gasteiger charge is 2.16. The van der Waals surface area contributed by atoms with E-state index in [-0.39, 0.29) is 0 Å².